The molecule has 2 heterocycles. The van der Waals surface area contributed by atoms with Gasteiger partial charge in [-0.3, -0.25) is 14.2 Å². The summed E-state index contributed by atoms with van der Waals surface area (Å²) < 4.78 is 14.8. The number of halogens is 1. The lowest BCUT2D eigenvalue weighted by atomic mass is 10.3. The number of nitrogens with one attached hydrogen (secondary N) is 1. The molecule has 6 nitrogen and oxygen atoms in total. The average Bonchev–Trinajstić information content (AvgIpc) is 2.73. The molecule has 29 heavy (non-hydrogen) atoms. The van der Waals surface area contributed by atoms with Gasteiger partial charge >= 0.3 is 0 Å². The predicted octanol–water partition coefficient (Wildman–Crippen LogP) is 3.65. The molecule has 0 fully saturated rings. The van der Waals surface area contributed by atoms with Crippen LogP contribution in [0.4, 0.5) is 10.1 Å². The Hall–Kier alpha value is -3.52. The summed E-state index contributed by atoms with van der Waals surface area (Å²) in [5.41, 5.74) is 1.06. The third kappa shape index (κ3) is 4.17. The van der Waals surface area contributed by atoms with E-state index in [2.05, 4.69) is 15.3 Å². The van der Waals surface area contributed by atoms with E-state index in [-0.39, 0.29) is 17.2 Å². The summed E-state index contributed by atoms with van der Waals surface area (Å²) in [6.07, 6.45) is 1.56. The molecule has 0 aliphatic heterocycles. The number of amides is 1. The van der Waals surface area contributed by atoms with Crippen molar-refractivity contribution in [2.24, 2.45) is 0 Å². The summed E-state index contributed by atoms with van der Waals surface area (Å²) in [7, 11) is 0. The van der Waals surface area contributed by atoms with E-state index in [4.69, 9.17) is 0 Å². The highest BCUT2D eigenvalue weighted by molar-refractivity contribution is 7.99. The topological polar surface area (TPSA) is 76.9 Å². The molecule has 2 aromatic carbocycles. The van der Waals surface area contributed by atoms with E-state index in [0.29, 0.717) is 27.6 Å². The molecule has 0 aliphatic carbocycles. The Kier molecular flexibility index (Phi) is 5.35. The van der Waals surface area contributed by atoms with Crippen molar-refractivity contribution in [2.45, 2.75) is 5.16 Å². The molecule has 0 unspecified atom stereocenters. The van der Waals surface area contributed by atoms with Crippen molar-refractivity contribution in [2.75, 3.05) is 11.1 Å². The highest BCUT2D eigenvalue weighted by Crippen LogP contribution is 2.21. The molecule has 0 aliphatic rings. The number of aromatic nitrogens is 3. The zero-order chi connectivity index (χ0) is 20.2. The first kappa shape index (κ1) is 18.8. The Bertz CT molecular complexity index is 1240. The minimum atomic E-state index is -0.435. The average molecular weight is 406 g/mol. The summed E-state index contributed by atoms with van der Waals surface area (Å²) in [6, 6.07) is 18.1. The summed E-state index contributed by atoms with van der Waals surface area (Å²) in [5, 5.41) is 3.38. The van der Waals surface area contributed by atoms with E-state index < -0.39 is 5.82 Å². The van der Waals surface area contributed by atoms with E-state index in [1.165, 1.54) is 22.8 Å². The number of para-hydroxylation sites is 1. The lowest BCUT2D eigenvalue weighted by Gasteiger charge is -2.12. The van der Waals surface area contributed by atoms with Crippen molar-refractivity contribution >= 4 is 34.4 Å². The lowest BCUT2D eigenvalue weighted by Crippen LogP contribution is -2.23. The van der Waals surface area contributed by atoms with Gasteiger partial charge in [-0.1, -0.05) is 36.0 Å². The van der Waals surface area contributed by atoms with Crippen LogP contribution in [0.5, 0.6) is 0 Å². The van der Waals surface area contributed by atoms with Crippen LogP contribution in [0.1, 0.15) is 0 Å². The van der Waals surface area contributed by atoms with Gasteiger partial charge in [0.05, 0.1) is 16.8 Å². The SMILES string of the molecule is O=C(CSc1nc2ncccc2c(=O)n1-c1ccccc1)Nc1cccc(F)c1. The third-order valence-electron chi connectivity index (χ3n) is 4.07. The molecule has 144 valence electrons. The number of benzene rings is 2. The van der Waals surface area contributed by atoms with Gasteiger partial charge in [-0.15, -0.1) is 0 Å². The van der Waals surface area contributed by atoms with Gasteiger partial charge in [0.1, 0.15) is 5.82 Å². The van der Waals surface area contributed by atoms with E-state index in [1.54, 1.807) is 36.5 Å². The first-order valence-corrected chi connectivity index (χ1v) is 9.72. The summed E-state index contributed by atoms with van der Waals surface area (Å²) >= 11 is 1.11. The molecule has 8 heteroatoms. The fourth-order valence-corrected chi connectivity index (χ4v) is 3.60. The lowest BCUT2D eigenvalue weighted by molar-refractivity contribution is -0.113. The highest BCUT2D eigenvalue weighted by atomic mass is 32.2. The van der Waals surface area contributed by atoms with Crippen LogP contribution in [-0.4, -0.2) is 26.2 Å². The molecule has 0 saturated heterocycles. The van der Waals surface area contributed by atoms with E-state index in [0.717, 1.165) is 11.8 Å². The molecule has 0 atom stereocenters. The second kappa shape index (κ2) is 8.24. The summed E-state index contributed by atoms with van der Waals surface area (Å²) in [4.78, 5) is 34.0. The standard InChI is InChI=1S/C21H15FN4O2S/c22-14-6-4-7-15(12-14)24-18(27)13-29-21-25-19-17(10-5-11-23-19)20(28)26(21)16-8-2-1-3-9-16/h1-12H,13H2,(H,24,27). The van der Waals surface area contributed by atoms with Crippen molar-refractivity contribution in [3.8, 4) is 5.69 Å². The van der Waals surface area contributed by atoms with Crippen LogP contribution in [-0.2, 0) is 4.79 Å². The van der Waals surface area contributed by atoms with Gasteiger partial charge in [-0.2, -0.15) is 0 Å². The van der Waals surface area contributed by atoms with Gasteiger partial charge in [-0.25, -0.2) is 14.4 Å². The molecule has 2 aromatic heterocycles. The zero-order valence-corrected chi connectivity index (χ0v) is 15.9. The molecule has 4 aromatic rings. The molecular weight excluding hydrogens is 391 g/mol. The first-order valence-electron chi connectivity index (χ1n) is 8.73. The molecule has 0 radical (unpaired) electrons. The van der Waals surface area contributed by atoms with Crippen molar-refractivity contribution in [3.63, 3.8) is 0 Å². The second-order valence-corrected chi connectivity index (χ2v) is 7.03. The van der Waals surface area contributed by atoms with Gasteiger partial charge in [0.15, 0.2) is 10.8 Å². The number of hydrogen-bond acceptors (Lipinski definition) is 5. The minimum absolute atomic E-state index is 0.00583. The molecule has 0 saturated carbocycles. The Morgan fingerprint density at radius 3 is 2.69 bits per heavy atom. The maximum absolute atomic E-state index is 13.3. The summed E-state index contributed by atoms with van der Waals surface area (Å²) in [5.74, 6) is -0.778. The van der Waals surface area contributed by atoms with Crippen LogP contribution in [0, 0.1) is 5.82 Å². The minimum Gasteiger partial charge on any atom is -0.325 e. The van der Waals surface area contributed by atoms with Crippen molar-refractivity contribution in [1.82, 2.24) is 14.5 Å². The van der Waals surface area contributed by atoms with Crippen molar-refractivity contribution in [3.05, 3.63) is 89.1 Å². The van der Waals surface area contributed by atoms with Gasteiger partial charge in [-0.05, 0) is 42.5 Å². The van der Waals surface area contributed by atoms with Crippen LogP contribution < -0.4 is 10.9 Å². The smallest absolute Gasteiger partial charge is 0.268 e. The summed E-state index contributed by atoms with van der Waals surface area (Å²) in [6.45, 7) is 0. The van der Waals surface area contributed by atoms with E-state index >= 15 is 0 Å². The Morgan fingerprint density at radius 2 is 1.90 bits per heavy atom. The maximum atomic E-state index is 13.3. The maximum Gasteiger partial charge on any atom is 0.268 e. The molecule has 1 amide bonds. The Balaban J connectivity index is 1.66. The quantitative estimate of drug-likeness (QED) is 0.404. The number of rotatable bonds is 5. The van der Waals surface area contributed by atoms with Crippen LogP contribution in [0.25, 0.3) is 16.7 Å². The number of carbonyl (C=O) groups is 1. The fraction of sp³-hybridized carbons (Fsp3) is 0.0476. The third-order valence-corrected chi connectivity index (χ3v) is 5.01. The molecular formula is C21H15FN4O2S. The number of carbonyl (C=O) groups excluding carboxylic acids is 1. The van der Waals surface area contributed by atoms with E-state index in [1.807, 2.05) is 18.2 Å². The highest BCUT2D eigenvalue weighted by Gasteiger charge is 2.15. The normalized spacial score (nSPS) is 10.8. The molecule has 0 spiro atoms. The van der Waals surface area contributed by atoms with E-state index in [9.17, 15) is 14.0 Å². The van der Waals surface area contributed by atoms with Gasteiger partial charge in [0.25, 0.3) is 5.56 Å². The largest absolute Gasteiger partial charge is 0.325 e. The van der Waals surface area contributed by atoms with Gasteiger partial charge in [0.2, 0.25) is 5.91 Å². The monoisotopic (exact) mass is 406 g/mol. The number of anilines is 1. The fourth-order valence-electron chi connectivity index (χ4n) is 2.80. The van der Waals surface area contributed by atoms with Crippen LogP contribution in [0.3, 0.4) is 0 Å². The van der Waals surface area contributed by atoms with Crippen LogP contribution in [0.2, 0.25) is 0 Å². The number of thioether (sulfide) groups is 1. The Labute approximate surface area is 169 Å². The first-order chi connectivity index (χ1) is 14.1. The number of fused-ring (bicyclic) bond motifs is 1. The number of pyridine rings is 1. The molecule has 0 bridgehead atoms. The van der Waals surface area contributed by atoms with Crippen molar-refractivity contribution in [1.29, 1.82) is 0 Å². The predicted molar refractivity (Wildman–Crippen MR) is 111 cm³/mol. The van der Waals surface area contributed by atoms with Crippen molar-refractivity contribution < 1.29 is 9.18 Å². The number of hydrogen-bond donors (Lipinski definition) is 1. The van der Waals surface area contributed by atoms with Crippen LogP contribution >= 0.6 is 11.8 Å². The van der Waals surface area contributed by atoms with Gasteiger partial charge < -0.3 is 5.32 Å². The van der Waals surface area contributed by atoms with Crippen LogP contribution in [0.15, 0.2) is 82.9 Å². The zero-order valence-electron chi connectivity index (χ0n) is 15.1. The van der Waals surface area contributed by atoms with Gasteiger partial charge in [0, 0.05) is 11.9 Å². The second-order valence-electron chi connectivity index (χ2n) is 6.09. The Morgan fingerprint density at radius 1 is 1.07 bits per heavy atom. The molecule has 4 rings (SSSR count). The number of nitrogens with zero attached hydrogens (tertiary/aromatic N) is 3. The molecule has 1 N–H and O–H groups in total.